The van der Waals surface area contributed by atoms with E-state index in [1.54, 1.807) is 0 Å². The predicted octanol–water partition coefficient (Wildman–Crippen LogP) is 4.25. The summed E-state index contributed by atoms with van der Waals surface area (Å²) in [7, 11) is 0. The lowest BCUT2D eigenvalue weighted by Crippen LogP contribution is -1.76. The molecule has 64 valence electrons. The second kappa shape index (κ2) is 3.35. The van der Waals surface area contributed by atoms with Crippen LogP contribution in [-0.4, -0.2) is 0 Å². The van der Waals surface area contributed by atoms with E-state index in [1.165, 1.54) is 10.8 Å². The fourth-order valence-corrected chi connectivity index (χ4v) is 1.90. The lowest BCUT2D eigenvalue weighted by molar-refractivity contribution is 1.68. The van der Waals surface area contributed by atoms with Crippen LogP contribution in [0.2, 0.25) is 0 Å². The van der Waals surface area contributed by atoms with E-state index in [9.17, 15) is 0 Å². The summed E-state index contributed by atoms with van der Waals surface area (Å²) in [5.74, 6) is 0. The summed E-state index contributed by atoms with van der Waals surface area (Å²) in [6, 6.07) is 12.5. The highest BCUT2D eigenvalue weighted by Crippen LogP contribution is 2.24. The smallest absolute Gasteiger partial charge is 0.0253 e. The number of hydrogen-bond donors (Lipinski definition) is 0. The highest BCUT2D eigenvalue weighted by molar-refractivity contribution is 9.10. The third-order valence-electron chi connectivity index (χ3n) is 2.09. The third-order valence-corrected chi connectivity index (χ3v) is 2.78. The van der Waals surface area contributed by atoms with Crippen LogP contribution < -0.4 is 0 Å². The van der Waals surface area contributed by atoms with Crippen molar-refractivity contribution in [3.63, 3.8) is 0 Å². The fourth-order valence-electron chi connectivity index (χ4n) is 1.39. The van der Waals surface area contributed by atoms with Crippen LogP contribution >= 0.6 is 15.9 Å². The Morgan fingerprint density at radius 1 is 1.15 bits per heavy atom. The molecule has 0 radical (unpaired) electrons. The lowest BCUT2D eigenvalue weighted by Gasteiger charge is -2.01. The van der Waals surface area contributed by atoms with E-state index in [1.807, 2.05) is 12.1 Å². The Kier molecular flexibility index (Phi) is 2.19. The zero-order chi connectivity index (χ0) is 9.26. The lowest BCUT2D eigenvalue weighted by atomic mass is 10.1. The van der Waals surface area contributed by atoms with Gasteiger partial charge in [0.25, 0.3) is 0 Å². The normalized spacial score (nSPS) is 10.2. The van der Waals surface area contributed by atoms with E-state index in [2.05, 4.69) is 52.8 Å². The van der Waals surface area contributed by atoms with Crippen molar-refractivity contribution in [2.45, 2.75) is 0 Å². The number of benzene rings is 2. The van der Waals surface area contributed by atoms with Crippen molar-refractivity contribution in [1.82, 2.24) is 0 Å². The summed E-state index contributed by atoms with van der Waals surface area (Å²) in [5.41, 5.74) is 1.16. The number of hydrogen-bond acceptors (Lipinski definition) is 0. The van der Waals surface area contributed by atoms with E-state index in [-0.39, 0.29) is 0 Å². The molecule has 0 spiro atoms. The van der Waals surface area contributed by atoms with Gasteiger partial charge in [0.2, 0.25) is 0 Å². The molecule has 0 unspecified atom stereocenters. The maximum atomic E-state index is 3.75. The van der Waals surface area contributed by atoms with Crippen molar-refractivity contribution in [3.8, 4) is 0 Å². The predicted molar refractivity (Wildman–Crippen MR) is 61.7 cm³/mol. The van der Waals surface area contributed by atoms with Crippen LogP contribution in [0.1, 0.15) is 5.56 Å². The first kappa shape index (κ1) is 8.52. The number of fused-ring (bicyclic) bond motifs is 1. The Hall–Kier alpha value is -1.08. The molecule has 2 aromatic rings. The van der Waals surface area contributed by atoms with Crippen LogP contribution in [0.25, 0.3) is 16.8 Å². The molecule has 2 rings (SSSR count). The molecule has 0 atom stereocenters. The van der Waals surface area contributed by atoms with E-state index >= 15 is 0 Å². The van der Waals surface area contributed by atoms with E-state index in [0.29, 0.717) is 0 Å². The zero-order valence-corrected chi connectivity index (χ0v) is 8.71. The molecule has 2 aromatic carbocycles. The molecule has 0 aliphatic rings. The Morgan fingerprint density at radius 3 is 2.77 bits per heavy atom. The van der Waals surface area contributed by atoms with Crippen molar-refractivity contribution < 1.29 is 0 Å². The van der Waals surface area contributed by atoms with Crippen molar-refractivity contribution in [2.24, 2.45) is 0 Å². The molecular weight excluding hydrogens is 224 g/mol. The summed E-state index contributed by atoms with van der Waals surface area (Å²) < 4.78 is 1.14. The quantitative estimate of drug-likeness (QED) is 0.690. The molecule has 0 fully saturated rings. The van der Waals surface area contributed by atoms with Crippen LogP contribution in [-0.2, 0) is 0 Å². The van der Waals surface area contributed by atoms with Gasteiger partial charge in [-0.3, -0.25) is 0 Å². The van der Waals surface area contributed by atoms with Crippen LogP contribution in [0.5, 0.6) is 0 Å². The molecule has 0 aliphatic heterocycles. The number of halogens is 1. The Balaban J connectivity index is 2.79. The topological polar surface area (TPSA) is 0 Å². The van der Waals surface area contributed by atoms with Gasteiger partial charge in [-0.2, -0.15) is 0 Å². The summed E-state index contributed by atoms with van der Waals surface area (Å²) in [4.78, 5) is 0. The summed E-state index contributed by atoms with van der Waals surface area (Å²) in [5, 5.41) is 2.49. The highest BCUT2D eigenvalue weighted by atomic mass is 79.9. The highest BCUT2D eigenvalue weighted by Gasteiger charge is 1.96. The molecule has 0 aliphatic carbocycles. The summed E-state index contributed by atoms with van der Waals surface area (Å²) in [6.07, 6.45) is 1.86. The van der Waals surface area contributed by atoms with E-state index in [4.69, 9.17) is 0 Å². The van der Waals surface area contributed by atoms with Crippen molar-refractivity contribution in [1.29, 1.82) is 0 Å². The van der Waals surface area contributed by atoms with E-state index < -0.39 is 0 Å². The molecule has 1 heteroatoms. The second-order valence-corrected chi connectivity index (χ2v) is 3.78. The molecule has 0 amide bonds. The molecule has 0 N–H and O–H groups in total. The minimum atomic E-state index is 1.14. The monoisotopic (exact) mass is 232 g/mol. The second-order valence-electron chi connectivity index (χ2n) is 2.92. The van der Waals surface area contributed by atoms with Gasteiger partial charge in [0.15, 0.2) is 0 Å². The van der Waals surface area contributed by atoms with Gasteiger partial charge in [-0.15, -0.1) is 0 Å². The first-order valence-electron chi connectivity index (χ1n) is 4.12. The largest absolute Gasteiger partial charge is 0.0985 e. The minimum Gasteiger partial charge on any atom is -0.0985 e. The van der Waals surface area contributed by atoms with Crippen LogP contribution in [0.4, 0.5) is 0 Å². The molecule has 13 heavy (non-hydrogen) atoms. The third kappa shape index (κ3) is 1.52. The standard InChI is InChI=1S/C12H9Br/c1-2-9-6-7-11-10(8-9)4-3-5-12(11)13/h2-8H,1H2. The Bertz CT molecular complexity index is 458. The first-order chi connectivity index (χ1) is 6.31. The molecule has 0 heterocycles. The maximum Gasteiger partial charge on any atom is 0.0253 e. The molecule has 0 saturated heterocycles. The molecule has 0 aromatic heterocycles. The van der Waals surface area contributed by atoms with Gasteiger partial charge in [0.05, 0.1) is 0 Å². The van der Waals surface area contributed by atoms with E-state index in [0.717, 1.165) is 10.0 Å². The van der Waals surface area contributed by atoms with Gasteiger partial charge in [-0.25, -0.2) is 0 Å². The van der Waals surface area contributed by atoms with Crippen LogP contribution in [0, 0.1) is 0 Å². The minimum absolute atomic E-state index is 1.14. The van der Waals surface area contributed by atoms with Gasteiger partial charge in [-0.05, 0) is 28.5 Å². The van der Waals surface area contributed by atoms with Crippen molar-refractivity contribution in [3.05, 3.63) is 53.0 Å². The molecule has 0 nitrogen and oxygen atoms in total. The maximum absolute atomic E-state index is 3.75. The Labute approximate surface area is 86.0 Å². The van der Waals surface area contributed by atoms with Gasteiger partial charge >= 0.3 is 0 Å². The average Bonchev–Trinajstić information content (AvgIpc) is 2.18. The first-order valence-corrected chi connectivity index (χ1v) is 4.91. The summed E-state index contributed by atoms with van der Waals surface area (Å²) in [6.45, 7) is 3.75. The molecule has 0 bridgehead atoms. The Morgan fingerprint density at radius 2 is 2.00 bits per heavy atom. The average molecular weight is 233 g/mol. The summed E-state index contributed by atoms with van der Waals surface area (Å²) >= 11 is 3.52. The van der Waals surface area contributed by atoms with Gasteiger partial charge < -0.3 is 0 Å². The van der Waals surface area contributed by atoms with Gasteiger partial charge in [-0.1, -0.05) is 52.9 Å². The zero-order valence-electron chi connectivity index (χ0n) is 7.13. The fraction of sp³-hybridized carbons (Fsp3) is 0. The molecule has 0 saturated carbocycles. The van der Waals surface area contributed by atoms with Crippen molar-refractivity contribution >= 4 is 32.8 Å². The van der Waals surface area contributed by atoms with Gasteiger partial charge in [0.1, 0.15) is 0 Å². The van der Waals surface area contributed by atoms with Crippen molar-refractivity contribution in [2.75, 3.05) is 0 Å². The SMILES string of the molecule is C=Cc1ccc2c(Br)cccc2c1. The van der Waals surface area contributed by atoms with Gasteiger partial charge in [0, 0.05) is 4.47 Å². The van der Waals surface area contributed by atoms with Crippen LogP contribution in [0.3, 0.4) is 0 Å². The molecular formula is C12H9Br. The number of rotatable bonds is 1. The van der Waals surface area contributed by atoms with Crippen LogP contribution in [0.15, 0.2) is 47.4 Å².